The summed E-state index contributed by atoms with van der Waals surface area (Å²) in [5.74, 6) is 1.12. The number of fused-ring (bicyclic) bond motifs is 1. The highest BCUT2D eigenvalue weighted by Crippen LogP contribution is 2.27. The minimum Gasteiger partial charge on any atom is -0.488 e. The van der Waals surface area contributed by atoms with E-state index in [0.717, 1.165) is 39.9 Å². The number of ether oxygens (including phenoxy) is 2. The molecular weight excluding hydrogens is 428 g/mol. The lowest BCUT2D eigenvalue weighted by Gasteiger charge is -2.15. The summed E-state index contributed by atoms with van der Waals surface area (Å²) in [6.07, 6.45) is 4.35. The molecule has 0 aliphatic rings. The van der Waals surface area contributed by atoms with Crippen LogP contribution in [0.3, 0.4) is 0 Å². The molecular formula is C27H30N4O3. The van der Waals surface area contributed by atoms with E-state index in [9.17, 15) is 4.79 Å². The molecule has 7 heteroatoms. The predicted octanol–water partition coefficient (Wildman–Crippen LogP) is 5.31. The fourth-order valence-electron chi connectivity index (χ4n) is 3.99. The van der Waals surface area contributed by atoms with Crippen molar-refractivity contribution in [3.63, 3.8) is 0 Å². The number of amides is 1. The van der Waals surface area contributed by atoms with Gasteiger partial charge < -0.3 is 14.0 Å². The third-order valence-electron chi connectivity index (χ3n) is 5.58. The Morgan fingerprint density at radius 2 is 1.88 bits per heavy atom. The number of aryl methyl sites for hydroxylation is 3. The number of nitrogens with one attached hydrogen (secondary N) is 1. The molecule has 0 unspecified atom stereocenters. The molecule has 176 valence electrons. The van der Waals surface area contributed by atoms with Crippen molar-refractivity contribution in [1.82, 2.24) is 14.5 Å². The fourth-order valence-corrected chi connectivity index (χ4v) is 3.99. The van der Waals surface area contributed by atoms with Crippen molar-refractivity contribution in [2.45, 2.75) is 40.3 Å². The summed E-state index contributed by atoms with van der Waals surface area (Å²) in [7, 11) is 0. The Hall–Kier alpha value is -3.71. The van der Waals surface area contributed by atoms with Gasteiger partial charge in [-0.25, -0.2) is 4.98 Å². The van der Waals surface area contributed by atoms with Crippen LogP contribution in [-0.4, -0.2) is 33.7 Å². The van der Waals surface area contributed by atoms with Crippen molar-refractivity contribution in [2.24, 2.45) is 0 Å². The Bertz CT molecular complexity index is 1240. The number of hydrogen-bond donors (Lipinski definition) is 1. The molecule has 2 aromatic carbocycles. The lowest BCUT2D eigenvalue weighted by Crippen LogP contribution is -2.17. The number of rotatable bonds is 10. The van der Waals surface area contributed by atoms with E-state index in [0.29, 0.717) is 37.9 Å². The van der Waals surface area contributed by atoms with Crippen molar-refractivity contribution in [1.29, 1.82) is 0 Å². The monoisotopic (exact) mass is 458 g/mol. The Kier molecular flexibility index (Phi) is 7.54. The SMILES string of the molecule is CCOCCCn1c(NC(=O)c2cc(C)c(OCc3cccnc3)c(C)c2)nc2ccccc21. The fraction of sp³-hybridized carbons (Fsp3) is 0.296. The molecule has 0 atom stereocenters. The van der Waals surface area contributed by atoms with Crippen molar-refractivity contribution in [3.8, 4) is 5.75 Å². The van der Waals surface area contributed by atoms with Crippen LogP contribution in [-0.2, 0) is 17.9 Å². The Morgan fingerprint density at radius 3 is 2.62 bits per heavy atom. The van der Waals surface area contributed by atoms with Crippen molar-refractivity contribution in [2.75, 3.05) is 18.5 Å². The molecule has 0 saturated carbocycles. The van der Waals surface area contributed by atoms with Crippen LogP contribution in [0.5, 0.6) is 5.75 Å². The summed E-state index contributed by atoms with van der Waals surface area (Å²) in [4.78, 5) is 22.0. The molecule has 2 heterocycles. The molecule has 0 fully saturated rings. The summed E-state index contributed by atoms with van der Waals surface area (Å²) in [5.41, 5.74) is 5.20. The van der Waals surface area contributed by atoms with E-state index in [1.807, 2.05) is 73.9 Å². The van der Waals surface area contributed by atoms with Gasteiger partial charge in [0.25, 0.3) is 5.91 Å². The number of para-hydroxylation sites is 2. The standard InChI is InChI=1S/C27H30N4O3/c1-4-33-14-8-13-31-24-11-6-5-10-23(24)29-27(31)30-26(32)22-15-19(2)25(20(3)16-22)34-18-21-9-7-12-28-17-21/h5-7,9-12,15-17H,4,8,13-14,18H2,1-3H3,(H,29,30,32). The van der Waals surface area contributed by atoms with Crippen LogP contribution >= 0.6 is 0 Å². The van der Waals surface area contributed by atoms with Gasteiger partial charge in [-0.1, -0.05) is 18.2 Å². The first-order valence-electron chi connectivity index (χ1n) is 11.5. The van der Waals surface area contributed by atoms with Gasteiger partial charge >= 0.3 is 0 Å². The number of aromatic nitrogens is 3. The van der Waals surface area contributed by atoms with Crippen molar-refractivity contribution in [3.05, 3.63) is 83.2 Å². The number of imidazole rings is 1. The normalized spacial score (nSPS) is 11.0. The number of pyridine rings is 1. The Balaban J connectivity index is 1.52. The van der Waals surface area contributed by atoms with Gasteiger partial charge in [0.15, 0.2) is 0 Å². The third kappa shape index (κ3) is 5.43. The first kappa shape index (κ1) is 23.4. The van der Waals surface area contributed by atoms with Crippen LogP contribution in [0.1, 0.15) is 40.4 Å². The molecule has 0 bridgehead atoms. The largest absolute Gasteiger partial charge is 0.488 e. The number of hydrogen-bond acceptors (Lipinski definition) is 5. The first-order valence-corrected chi connectivity index (χ1v) is 11.5. The van der Waals surface area contributed by atoms with Gasteiger partial charge in [0.1, 0.15) is 12.4 Å². The topological polar surface area (TPSA) is 78.3 Å². The average molecular weight is 459 g/mol. The average Bonchev–Trinajstić information content (AvgIpc) is 3.18. The second-order valence-corrected chi connectivity index (χ2v) is 8.17. The zero-order chi connectivity index (χ0) is 23.9. The number of benzene rings is 2. The molecule has 0 saturated heterocycles. The number of anilines is 1. The highest BCUT2D eigenvalue weighted by atomic mass is 16.5. The quantitative estimate of drug-likeness (QED) is 0.326. The predicted molar refractivity (Wildman–Crippen MR) is 133 cm³/mol. The van der Waals surface area contributed by atoms with Gasteiger partial charge in [-0.15, -0.1) is 0 Å². The molecule has 0 aliphatic heterocycles. The van der Waals surface area contributed by atoms with Gasteiger partial charge in [-0.2, -0.15) is 0 Å². The minimum atomic E-state index is -0.202. The summed E-state index contributed by atoms with van der Waals surface area (Å²) >= 11 is 0. The summed E-state index contributed by atoms with van der Waals surface area (Å²) in [6, 6.07) is 15.4. The van der Waals surface area contributed by atoms with Crippen LogP contribution in [0.15, 0.2) is 60.9 Å². The summed E-state index contributed by atoms with van der Waals surface area (Å²) < 4.78 is 13.6. The lowest BCUT2D eigenvalue weighted by molar-refractivity contribution is 0.102. The Labute approximate surface area is 199 Å². The minimum absolute atomic E-state index is 0.202. The van der Waals surface area contributed by atoms with Gasteiger partial charge in [-0.05, 0) is 68.7 Å². The van der Waals surface area contributed by atoms with Crippen molar-refractivity contribution >= 4 is 22.9 Å². The summed E-state index contributed by atoms with van der Waals surface area (Å²) in [6.45, 7) is 8.36. The van der Waals surface area contributed by atoms with E-state index in [-0.39, 0.29) is 5.91 Å². The van der Waals surface area contributed by atoms with E-state index >= 15 is 0 Å². The van der Waals surface area contributed by atoms with Crippen LogP contribution in [0.2, 0.25) is 0 Å². The second kappa shape index (κ2) is 10.9. The van der Waals surface area contributed by atoms with E-state index in [4.69, 9.17) is 9.47 Å². The van der Waals surface area contributed by atoms with Crippen LogP contribution in [0.25, 0.3) is 11.0 Å². The molecule has 0 spiro atoms. The zero-order valence-electron chi connectivity index (χ0n) is 19.9. The number of carbonyl (C=O) groups is 1. The molecule has 4 rings (SSSR count). The van der Waals surface area contributed by atoms with Gasteiger partial charge in [0, 0.05) is 43.3 Å². The molecule has 34 heavy (non-hydrogen) atoms. The molecule has 4 aromatic rings. The molecule has 0 aliphatic carbocycles. The smallest absolute Gasteiger partial charge is 0.257 e. The lowest BCUT2D eigenvalue weighted by atomic mass is 10.1. The third-order valence-corrected chi connectivity index (χ3v) is 5.58. The Morgan fingerprint density at radius 1 is 1.09 bits per heavy atom. The molecule has 7 nitrogen and oxygen atoms in total. The van der Waals surface area contributed by atoms with Crippen LogP contribution in [0.4, 0.5) is 5.95 Å². The van der Waals surface area contributed by atoms with Gasteiger partial charge in [-0.3, -0.25) is 15.1 Å². The molecule has 1 amide bonds. The van der Waals surface area contributed by atoms with Crippen molar-refractivity contribution < 1.29 is 14.3 Å². The maximum Gasteiger partial charge on any atom is 0.257 e. The highest BCUT2D eigenvalue weighted by molar-refractivity contribution is 6.04. The molecule has 1 N–H and O–H groups in total. The maximum atomic E-state index is 13.2. The maximum absolute atomic E-state index is 13.2. The highest BCUT2D eigenvalue weighted by Gasteiger charge is 2.16. The van der Waals surface area contributed by atoms with Crippen LogP contribution in [0, 0.1) is 13.8 Å². The van der Waals surface area contributed by atoms with E-state index in [1.165, 1.54) is 0 Å². The first-order chi connectivity index (χ1) is 16.6. The second-order valence-electron chi connectivity index (χ2n) is 8.17. The number of carbonyl (C=O) groups excluding carboxylic acids is 1. The van der Waals surface area contributed by atoms with E-state index in [2.05, 4.69) is 15.3 Å². The number of nitrogens with zero attached hydrogens (tertiary/aromatic N) is 3. The molecule has 2 aromatic heterocycles. The van der Waals surface area contributed by atoms with E-state index < -0.39 is 0 Å². The summed E-state index contributed by atoms with van der Waals surface area (Å²) in [5, 5.41) is 3.01. The van der Waals surface area contributed by atoms with Crippen LogP contribution < -0.4 is 10.1 Å². The van der Waals surface area contributed by atoms with Gasteiger partial charge in [0.05, 0.1) is 11.0 Å². The zero-order valence-corrected chi connectivity index (χ0v) is 19.9. The van der Waals surface area contributed by atoms with E-state index in [1.54, 1.807) is 12.4 Å². The molecule has 0 radical (unpaired) electrons. The van der Waals surface area contributed by atoms with Gasteiger partial charge in [0.2, 0.25) is 5.95 Å².